The summed E-state index contributed by atoms with van der Waals surface area (Å²) >= 11 is 4.63. The van der Waals surface area contributed by atoms with E-state index in [9.17, 15) is 9.59 Å². The number of amides is 1. The summed E-state index contributed by atoms with van der Waals surface area (Å²) in [7, 11) is 1.54. The molecule has 0 aromatic carbocycles. The Labute approximate surface area is 123 Å². The van der Waals surface area contributed by atoms with Gasteiger partial charge in [0, 0.05) is 19.2 Å². The third kappa shape index (κ3) is 2.76. The summed E-state index contributed by atoms with van der Waals surface area (Å²) < 4.78 is 5.88. The van der Waals surface area contributed by atoms with Crippen LogP contribution < -0.4 is 4.74 Å². The van der Waals surface area contributed by atoms with Crippen molar-refractivity contribution in [2.24, 2.45) is 11.8 Å². The summed E-state index contributed by atoms with van der Waals surface area (Å²) in [6, 6.07) is 1.68. The fraction of sp³-hybridized carbons (Fsp3) is 0.500. The lowest BCUT2D eigenvalue weighted by Crippen LogP contribution is -2.29. The molecule has 19 heavy (non-hydrogen) atoms. The number of nitrogens with zero attached hydrogens (tertiary/aromatic N) is 1. The van der Waals surface area contributed by atoms with Crippen LogP contribution in [-0.4, -0.2) is 42.1 Å². The molecule has 5 nitrogen and oxygen atoms in total. The molecule has 7 heteroatoms. The molecule has 0 saturated carbocycles. The van der Waals surface area contributed by atoms with E-state index in [-0.39, 0.29) is 18.4 Å². The molecule has 1 aliphatic heterocycles. The maximum absolute atomic E-state index is 12.3. The zero-order chi connectivity index (χ0) is 14.2. The number of methoxy groups -OCH3 is 1. The van der Waals surface area contributed by atoms with Gasteiger partial charge in [-0.2, -0.15) is 0 Å². The number of likely N-dealkylation sites (tertiary alicyclic amines) is 1. The molecule has 1 saturated heterocycles. The van der Waals surface area contributed by atoms with Crippen LogP contribution >= 0.6 is 27.3 Å². The van der Waals surface area contributed by atoms with E-state index in [1.807, 2.05) is 6.92 Å². The zero-order valence-electron chi connectivity index (χ0n) is 10.6. The van der Waals surface area contributed by atoms with Crippen LogP contribution in [0.2, 0.25) is 0 Å². The third-order valence-electron chi connectivity index (χ3n) is 3.30. The molecular weight excluding hydrogens is 334 g/mol. The number of thiophene rings is 1. The normalized spacial score (nSPS) is 22.6. The molecule has 1 aliphatic rings. The van der Waals surface area contributed by atoms with Crippen LogP contribution in [0.15, 0.2) is 9.85 Å². The highest BCUT2D eigenvalue weighted by Crippen LogP contribution is 2.36. The van der Waals surface area contributed by atoms with Crippen molar-refractivity contribution in [1.29, 1.82) is 0 Å². The van der Waals surface area contributed by atoms with Crippen molar-refractivity contribution in [3.05, 3.63) is 14.7 Å². The summed E-state index contributed by atoms with van der Waals surface area (Å²) in [6.07, 6.45) is 0. The van der Waals surface area contributed by atoms with Crippen molar-refractivity contribution in [2.75, 3.05) is 20.2 Å². The Morgan fingerprint density at radius 2 is 2.21 bits per heavy atom. The highest BCUT2D eigenvalue weighted by Gasteiger charge is 2.37. The Morgan fingerprint density at radius 3 is 2.68 bits per heavy atom. The molecule has 0 unspecified atom stereocenters. The highest BCUT2D eigenvalue weighted by molar-refractivity contribution is 9.11. The van der Waals surface area contributed by atoms with Crippen LogP contribution in [0.5, 0.6) is 5.75 Å². The maximum Gasteiger partial charge on any atom is 0.308 e. The van der Waals surface area contributed by atoms with Crippen LogP contribution in [0.4, 0.5) is 0 Å². The van der Waals surface area contributed by atoms with Crippen molar-refractivity contribution < 1.29 is 19.4 Å². The molecule has 1 fully saturated rings. The van der Waals surface area contributed by atoms with Crippen molar-refractivity contribution in [3.63, 3.8) is 0 Å². The lowest BCUT2D eigenvalue weighted by atomic mass is 9.99. The number of rotatable bonds is 3. The lowest BCUT2D eigenvalue weighted by Gasteiger charge is -2.14. The van der Waals surface area contributed by atoms with Crippen LogP contribution in [0.3, 0.4) is 0 Å². The molecule has 0 bridgehead atoms. The number of carboxylic acid groups (broad SMARTS) is 1. The monoisotopic (exact) mass is 347 g/mol. The van der Waals surface area contributed by atoms with Gasteiger partial charge in [-0.3, -0.25) is 9.59 Å². The maximum atomic E-state index is 12.3. The fourth-order valence-corrected chi connectivity index (χ4v) is 3.82. The van der Waals surface area contributed by atoms with Gasteiger partial charge in [0.2, 0.25) is 0 Å². The van der Waals surface area contributed by atoms with Gasteiger partial charge in [-0.1, -0.05) is 6.92 Å². The molecule has 1 aromatic rings. The van der Waals surface area contributed by atoms with E-state index in [0.29, 0.717) is 17.2 Å². The first-order chi connectivity index (χ1) is 8.93. The minimum Gasteiger partial charge on any atom is -0.495 e. The van der Waals surface area contributed by atoms with E-state index in [1.54, 1.807) is 18.1 Å². The van der Waals surface area contributed by atoms with Crippen molar-refractivity contribution in [3.8, 4) is 5.75 Å². The summed E-state index contributed by atoms with van der Waals surface area (Å²) in [5.41, 5.74) is 0. The van der Waals surface area contributed by atoms with E-state index in [2.05, 4.69) is 15.9 Å². The number of halogens is 1. The van der Waals surface area contributed by atoms with E-state index < -0.39 is 11.9 Å². The Balaban J connectivity index is 2.14. The minimum atomic E-state index is -0.840. The van der Waals surface area contributed by atoms with Gasteiger partial charge in [0.25, 0.3) is 5.91 Å². The van der Waals surface area contributed by atoms with Crippen LogP contribution in [0.1, 0.15) is 16.6 Å². The average Bonchev–Trinajstić information content (AvgIpc) is 2.91. The Morgan fingerprint density at radius 1 is 1.53 bits per heavy atom. The molecule has 1 N–H and O–H groups in total. The highest BCUT2D eigenvalue weighted by atomic mass is 79.9. The Bertz CT molecular complexity index is 516. The Hall–Kier alpha value is -1.08. The van der Waals surface area contributed by atoms with E-state index in [0.717, 1.165) is 3.79 Å². The summed E-state index contributed by atoms with van der Waals surface area (Å²) in [5, 5.41) is 9.08. The predicted octanol–water partition coefficient (Wildman–Crippen LogP) is 2.31. The van der Waals surface area contributed by atoms with Crippen molar-refractivity contribution >= 4 is 39.1 Å². The number of ether oxygens (including phenoxy) is 1. The van der Waals surface area contributed by atoms with Crippen molar-refractivity contribution in [1.82, 2.24) is 4.90 Å². The largest absolute Gasteiger partial charge is 0.495 e. The standard InChI is InChI=1S/C12H14BrNO4S/c1-6-4-14(5-7(6)12(16)17)11(15)9-3-8(18-2)10(13)19-9/h3,6-7H,4-5H2,1-2H3,(H,16,17)/t6-,7-/m1/s1. The van der Waals surface area contributed by atoms with Crippen LogP contribution in [-0.2, 0) is 4.79 Å². The van der Waals surface area contributed by atoms with Gasteiger partial charge in [0.1, 0.15) is 9.54 Å². The second-order valence-corrected chi connectivity index (χ2v) is 6.95. The number of hydrogen-bond donors (Lipinski definition) is 1. The zero-order valence-corrected chi connectivity index (χ0v) is 13.0. The van der Waals surface area contributed by atoms with Gasteiger partial charge in [-0.25, -0.2) is 0 Å². The molecule has 0 spiro atoms. The van der Waals surface area contributed by atoms with Crippen LogP contribution in [0, 0.1) is 11.8 Å². The lowest BCUT2D eigenvalue weighted by molar-refractivity contribution is -0.142. The van der Waals surface area contributed by atoms with Gasteiger partial charge in [0.05, 0.1) is 17.9 Å². The molecule has 104 valence electrons. The van der Waals surface area contributed by atoms with Gasteiger partial charge in [-0.05, 0) is 21.8 Å². The number of hydrogen-bond acceptors (Lipinski definition) is 4. The van der Waals surface area contributed by atoms with Gasteiger partial charge < -0.3 is 14.7 Å². The number of carbonyl (C=O) groups is 2. The second-order valence-electron chi connectivity index (χ2n) is 4.58. The molecular formula is C12H14BrNO4S. The topological polar surface area (TPSA) is 66.8 Å². The van der Waals surface area contributed by atoms with E-state index in [4.69, 9.17) is 9.84 Å². The predicted molar refractivity (Wildman–Crippen MR) is 74.8 cm³/mol. The molecule has 1 amide bonds. The number of aliphatic carboxylic acids is 1. The number of carbonyl (C=O) groups excluding carboxylic acids is 1. The number of carboxylic acids is 1. The average molecular weight is 348 g/mol. The van der Waals surface area contributed by atoms with Crippen LogP contribution in [0.25, 0.3) is 0 Å². The van der Waals surface area contributed by atoms with E-state index >= 15 is 0 Å². The van der Waals surface area contributed by atoms with Gasteiger partial charge in [0.15, 0.2) is 0 Å². The summed E-state index contributed by atoms with van der Waals surface area (Å²) in [6.45, 7) is 2.61. The molecule has 2 heterocycles. The fourth-order valence-electron chi connectivity index (χ4n) is 2.21. The Kier molecular flexibility index (Phi) is 4.15. The molecule has 0 aliphatic carbocycles. The molecule has 2 atom stereocenters. The minimum absolute atomic E-state index is 0.0215. The van der Waals surface area contributed by atoms with Gasteiger partial charge in [-0.15, -0.1) is 11.3 Å². The summed E-state index contributed by atoms with van der Waals surface area (Å²) in [5.74, 6) is -0.853. The quantitative estimate of drug-likeness (QED) is 0.910. The van der Waals surface area contributed by atoms with E-state index in [1.165, 1.54) is 11.3 Å². The first-order valence-corrected chi connectivity index (χ1v) is 7.40. The van der Waals surface area contributed by atoms with Gasteiger partial charge >= 0.3 is 5.97 Å². The smallest absolute Gasteiger partial charge is 0.308 e. The van der Waals surface area contributed by atoms with Crippen molar-refractivity contribution in [2.45, 2.75) is 6.92 Å². The second kappa shape index (κ2) is 5.50. The summed E-state index contributed by atoms with van der Waals surface area (Å²) in [4.78, 5) is 25.5. The first kappa shape index (κ1) is 14.3. The first-order valence-electron chi connectivity index (χ1n) is 5.79. The third-order valence-corrected chi connectivity index (χ3v) is 5.07. The molecule has 2 rings (SSSR count). The molecule has 1 aromatic heterocycles. The SMILES string of the molecule is COc1cc(C(=O)N2C[C@@H](C)[C@H](C(=O)O)C2)sc1Br. The molecule has 0 radical (unpaired) electrons.